The molecular weight excluding hydrogens is 230 g/mol. The van der Waals surface area contributed by atoms with Crippen molar-refractivity contribution < 1.29 is 4.79 Å². The zero-order valence-electron chi connectivity index (χ0n) is 9.64. The van der Waals surface area contributed by atoms with Crippen LogP contribution in [0.1, 0.15) is 15.9 Å². The summed E-state index contributed by atoms with van der Waals surface area (Å²) in [5.41, 5.74) is 6.96. The van der Waals surface area contributed by atoms with Crippen molar-refractivity contribution in [3.8, 4) is 0 Å². The minimum atomic E-state index is -0.417. The van der Waals surface area contributed by atoms with Crippen LogP contribution in [0.25, 0.3) is 0 Å². The number of carbonyl (C=O) groups excluding carboxylic acids is 1. The van der Waals surface area contributed by atoms with Crippen LogP contribution >= 0.6 is 0 Å². The van der Waals surface area contributed by atoms with Gasteiger partial charge in [-0.05, 0) is 11.6 Å². The Bertz CT molecular complexity index is 619. The normalized spacial score (nSPS) is 10.0. The number of H-pyrrole nitrogens is 1. The lowest BCUT2D eigenvalue weighted by Gasteiger charge is -2.07. The van der Waals surface area contributed by atoms with E-state index >= 15 is 0 Å². The number of nitrogens with two attached hydrogens (primary N) is 1. The first-order chi connectivity index (χ1) is 8.68. The number of hydrogen-bond acceptors (Lipinski definition) is 3. The summed E-state index contributed by atoms with van der Waals surface area (Å²) >= 11 is 0. The second-order valence-corrected chi connectivity index (χ2v) is 3.80. The van der Waals surface area contributed by atoms with Crippen molar-refractivity contribution in [2.75, 3.05) is 5.73 Å². The maximum atomic E-state index is 11.8. The second-order valence-electron chi connectivity index (χ2n) is 3.80. The molecule has 0 aliphatic carbocycles. The molecule has 0 bridgehead atoms. The quantitative estimate of drug-likeness (QED) is 0.699. The molecular formula is C13H13N3O2. The molecule has 2 aromatic rings. The molecule has 0 spiro atoms. The van der Waals surface area contributed by atoms with Gasteiger partial charge in [0.1, 0.15) is 5.56 Å². The smallest absolute Gasteiger partial charge is 0.257 e. The summed E-state index contributed by atoms with van der Waals surface area (Å²) in [7, 11) is 0. The molecule has 5 nitrogen and oxygen atoms in total. The summed E-state index contributed by atoms with van der Waals surface area (Å²) in [5.74, 6) is -0.417. The van der Waals surface area contributed by atoms with Gasteiger partial charge in [-0.3, -0.25) is 9.59 Å². The maximum Gasteiger partial charge on any atom is 0.257 e. The molecule has 2 rings (SSSR count). The summed E-state index contributed by atoms with van der Waals surface area (Å²) in [5, 5.41) is 2.66. The predicted molar refractivity (Wildman–Crippen MR) is 69.1 cm³/mol. The standard InChI is InChI=1S/C13H13N3O2/c14-11-4-2-1-3-9(11)7-16-13(18)10-8-15-6-5-12(10)17/h1-6,8H,7,14H2,(H,15,17)(H,16,18). The Morgan fingerprint density at radius 3 is 2.78 bits per heavy atom. The minimum Gasteiger partial charge on any atom is -0.398 e. The monoisotopic (exact) mass is 243 g/mol. The van der Waals surface area contributed by atoms with Gasteiger partial charge in [0.15, 0.2) is 5.43 Å². The van der Waals surface area contributed by atoms with Crippen molar-refractivity contribution in [2.24, 2.45) is 0 Å². The van der Waals surface area contributed by atoms with Crippen LogP contribution in [0.3, 0.4) is 0 Å². The minimum absolute atomic E-state index is 0.0898. The van der Waals surface area contributed by atoms with Crippen LogP contribution in [0.15, 0.2) is 47.5 Å². The van der Waals surface area contributed by atoms with E-state index in [4.69, 9.17) is 5.73 Å². The number of nitrogens with one attached hydrogen (secondary N) is 2. The summed E-state index contributed by atoms with van der Waals surface area (Å²) in [4.78, 5) is 25.9. The fraction of sp³-hybridized carbons (Fsp3) is 0.0769. The molecule has 4 N–H and O–H groups in total. The fourth-order valence-electron chi connectivity index (χ4n) is 1.56. The van der Waals surface area contributed by atoms with Gasteiger partial charge in [-0.25, -0.2) is 0 Å². The highest BCUT2D eigenvalue weighted by molar-refractivity contribution is 5.93. The van der Waals surface area contributed by atoms with E-state index < -0.39 is 5.91 Å². The van der Waals surface area contributed by atoms with Crippen molar-refractivity contribution in [3.63, 3.8) is 0 Å². The molecule has 0 saturated heterocycles. The number of carbonyl (C=O) groups is 1. The maximum absolute atomic E-state index is 11.8. The van der Waals surface area contributed by atoms with Gasteiger partial charge in [-0.1, -0.05) is 18.2 Å². The van der Waals surface area contributed by atoms with Gasteiger partial charge >= 0.3 is 0 Å². The molecule has 1 heterocycles. The summed E-state index contributed by atoms with van der Waals surface area (Å²) in [6.07, 6.45) is 2.86. The Labute approximate surface area is 104 Å². The Morgan fingerprint density at radius 1 is 1.28 bits per heavy atom. The van der Waals surface area contributed by atoms with Crippen molar-refractivity contribution in [2.45, 2.75) is 6.54 Å². The molecule has 0 aliphatic rings. The Morgan fingerprint density at radius 2 is 2.06 bits per heavy atom. The van der Waals surface area contributed by atoms with E-state index in [1.54, 1.807) is 6.07 Å². The third kappa shape index (κ3) is 2.57. The molecule has 18 heavy (non-hydrogen) atoms. The van der Waals surface area contributed by atoms with Gasteiger partial charge in [-0.15, -0.1) is 0 Å². The first-order valence-corrected chi connectivity index (χ1v) is 5.47. The molecule has 0 radical (unpaired) electrons. The number of amides is 1. The zero-order valence-corrected chi connectivity index (χ0v) is 9.64. The van der Waals surface area contributed by atoms with Crippen LogP contribution in [-0.4, -0.2) is 10.9 Å². The average molecular weight is 243 g/mol. The van der Waals surface area contributed by atoms with Crippen LogP contribution in [0, 0.1) is 0 Å². The molecule has 1 amide bonds. The van der Waals surface area contributed by atoms with Crippen molar-refractivity contribution in [1.29, 1.82) is 0 Å². The van der Waals surface area contributed by atoms with Crippen molar-refractivity contribution in [3.05, 3.63) is 64.1 Å². The lowest BCUT2D eigenvalue weighted by molar-refractivity contribution is 0.0949. The Kier molecular flexibility index (Phi) is 3.43. The number of benzene rings is 1. The van der Waals surface area contributed by atoms with E-state index in [0.717, 1.165) is 5.56 Å². The van der Waals surface area contributed by atoms with E-state index in [1.807, 2.05) is 18.2 Å². The average Bonchev–Trinajstić information content (AvgIpc) is 2.38. The predicted octanol–water partition coefficient (Wildman–Crippen LogP) is 0.887. The van der Waals surface area contributed by atoms with Crippen LogP contribution < -0.4 is 16.5 Å². The van der Waals surface area contributed by atoms with E-state index in [1.165, 1.54) is 18.5 Å². The Hall–Kier alpha value is -2.56. The van der Waals surface area contributed by atoms with Crippen LogP contribution in [0.4, 0.5) is 5.69 Å². The first-order valence-electron chi connectivity index (χ1n) is 5.47. The number of pyridine rings is 1. The molecule has 0 fully saturated rings. The SMILES string of the molecule is Nc1ccccc1CNC(=O)c1c[nH]ccc1=O. The van der Waals surface area contributed by atoms with Crippen molar-refractivity contribution >= 4 is 11.6 Å². The third-order valence-corrected chi connectivity index (χ3v) is 2.56. The molecule has 1 aromatic carbocycles. The molecule has 0 unspecified atom stereocenters. The van der Waals surface area contributed by atoms with Crippen LogP contribution in [0.5, 0.6) is 0 Å². The topological polar surface area (TPSA) is 88.0 Å². The lowest BCUT2D eigenvalue weighted by atomic mass is 10.2. The molecule has 0 aliphatic heterocycles. The van der Waals surface area contributed by atoms with Crippen LogP contribution in [-0.2, 0) is 6.54 Å². The lowest BCUT2D eigenvalue weighted by Crippen LogP contribution is -2.28. The highest BCUT2D eigenvalue weighted by atomic mass is 16.2. The van der Waals surface area contributed by atoms with Crippen molar-refractivity contribution in [1.82, 2.24) is 10.3 Å². The van der Waals surface area contributed by atoms with Gasteiger partial charge in [0.05, 0.1) is 0 Å². The highest BCUT2D eigenvalue weighted by Gasteiger charge is 2.09. The molecule has 0 saturated carbocycles. The van der Waals surface area contributed by atoms with E-state index in [9.17, 15) is 9.59 Å². The molecule has 1 aromatic heterocycles. The summed E-state index contributed by atoms with van der Waals surface area (Å²) in [6, 6.07) is 8.56. The van der Waals surface area contributed by atoms with Gasteiger partial charge in [0, 0.05) is 30.7 Å². The number of aromatic amines is 1. The number of aromatic nitrogens is 1. The second kappa shape index (κ2) is 5.18. The fourth-order valence-corrected chi connectivity index (χ4v) is 1.56. The number of hydrogen-bond donors (Lipinski definition) is 3. The molecule has 92 valence electrons. The van der Waals surface area contributed by atoms with Gasteiger partial charge in [0.25, 0.3) is 5.91 Å². The summed E-state index contributed by atoms with van der Waals surface area (Å²) in [6.45, 7) is 0.292. The van der Waals surface area contributed by atoms with E-state index in [-0.39, 0.29) is 11.0 Å². The third-order valence-electron chi connectivity index (χ3n) is 2.56. The zero-order chi connectivity index (χ0) is 13.0. The highest BCUT2D eigenvalue weighted by Crippen LogP contribution is 2.09. The Balaban J connectivity index is 2.08. The van der Waals surface area contributed by atoms with E-state index in [0.29, 0.717) is 12.2 Å². The number of para-hydroxylation sites is 1. The van der Waals surface area contributed by atoms with Crippen LogP contribution in [0.2, 0.25) is 0 Å². The first kappa shape index (κ1) is 11.9. The van der Waals surface area contributed by atoms with Gasteiger partial charge in [-0.2, -0.15) is 0 Å². The summed E-state index contributed by atoms with van der Waals surface area (Å²) < 4.78 is 0. The van der Waals surface area contributed by atoms with Gasteiger partial charge in [0.2, 0.25) is 0 Å². The largest absolute Gasteiger partial charge is 0.398 e. The van der Waals surface area contributed by atoms with E-state index in [2.05, 4.69) is 10.3 Å². The molecule has 5 heteroatoms. The number of nitrogen functional groups attached to an aromatic ring is 1. The number of anilines is 1. The molecule has 0 atom stereocenters. The van der Waals surface area contributed by atoms with Gasteiger partial charge < -0.3 is 16.0 Å². The number of rotatable bonds is 3.